The third kappa shape index (κ3) is 3.61. The molecule has 102 valence electrons. The number of hydrogen-bond donors (Lipinski definition) is 4. The average molecular weight is 257 g/mol. The maximum atomic E-state index is 11.6. The first kappa shape index (κ1) is 14.3. The van der Waals surface area contributed by atoms with Crippen molar-refractivity contribution in [2.45, 2.75) is 44.7 Å². The first-order chi connectivity index (χ1) is 8.25. The maximum absolute atomic E-state index is 11.6. The number of nitrogens with two attached hydrogens (primary N) is 1. The molecule has 1 fully saturated rings. The van der Waals surface area contributed by atoms with Gasteiger partial charge in [-0.05, 0) is 32.6 Å². The summed E-state index contributed by atoms with van der Waals surface area (Å²) >= 11 is 0. The highest BCUT2D eigenvalue weighted by Gasteiger charge is 2.48. The maximum Gasteiger partial charge on any atom is 0.329 e. The molecular formula is C11H19N3O4. The lowest BCUT2D eigenvalue weighted by Gasteiger charge is -2.27. The Labute approximate surface area is 105 Å². The molecule has 2 atom stereocenters. The molecule has 0 aromatic heterocycles. The third-order valence-electron chi connectivity index (χ3n) is 3.10. The smallest absolute Gasteiger partial charge is 0.329 e. The van der Waals surface area contributed by atoms with Crippen molar-refractivity contribution in [3.63, 3.8) is 0 Å². The Morgan fingerprint density at radius 2 is 2.00 bits per heavy atom. The average Bonchev–Trinajstić information content (AvgIpc) is 2.97. The number of carboxylic acids is 1. The molecule has 0 saturated heterocycles. The second-order valence-electron chi connectivity index (χ2n) is 4.95. The van der Waals surface area contributed by atoms with Crippen molar-refractivity contribution in [2.75, 3.05) is 0 Å². The van der Waals surface area contributed by atoms with Crippen molar-refractivity contribution < 1.29 is 19.5 Å². The highest BCUT2D eigenvalue weighted by molar-refractivity contribution is 5.87. The van der Waals surface area contributed by atoms with Crippen molar-refractivity contribution in [1.82, 2.24) is 10.6 Å². The van der Waals surface area contributed by atoms with Crippen molar-refractivity contribution >= 4 is 17.9 Å². The van der Waals surface area contributed by atoms with Crippen LogP contribution in [0.25, 0.3) is 0 Å². The van der Waals surface area contributed by atoms with E-state index in [1.807, 2.05) is 0 Å². The standard InChI is InChI=1S/C11H19N3O4/c1-6(5-8(12)15)13-10(18)14-11(2,9(16)17)7-3-4-7/h6-7H,3-5H2,1-2H3,(H2,12,15)(H,16,17)(H2,13,14,18). The summed E-state index contributed by atoms with van der Waals surface area (Å²) < 4.78 is 0. The summed E-state index contributed by atoms with van der Waals surface area (Å²) in [6, 6.07) is -1.03. The molecule has 1 saturated carbocycles. The van der Waals surface area contributed by atoms with Crippen molar-refractivity contribution in [3.05, 3.63) is 0 Å². The topological polar surface area (TPSA) is 122 Å². The van der Waals surface area contributed by atoms with Crippen LogP contribution >= 0.6 is 0 Å². The Balaban J connectivity index is 2.52. The number of aliphatic carboxylic acids is 1. The molecule has 0 heterocycles. The van der Waals surface area contributed by atoms with Crippen LogP contribution in [0.2, 0.25) is 0 Å². The summed E-state index contributed by atoms with van der Waals surface area (Å²) in [6.45, 7) is 3.12. The molecule has 0 bridgehead atoms. The molecule has 18 heavy (non-hydrogen) atoms. The second-order valence-corrected chi connectivity index (χ2v) is 4.95. The van der Waals surface area contributed by atoms with Crippen LogP contribution in [0.1, 0.15) is 33.1 Å². The first-order valence-electron chi connectivity index (χ1n) is 5.86. The Morgan fingerprint density at radius 1 is 1.44 bits per heavy atom. The molecule has 1 rings (SSSR count). The van der Waals surface area contributed by atoms with E-state index in [1.54, 1.807) is 6.92 Å². The van der Waals surface area contributed by atoms with Gasteiger partial charge in [0.25, 0.3) is 0 Å². The minimum atomic E-state index is -1.25. The van der Waals surface area contributed by atoms with Crippen LogP contribution in [-0.4, -0.2) is 34.6 Å². The van der Waals surface area contributed by atoms with Gasteiger partial charge in [-0.3, -0.25) is 4.79 Å². The SMILES string of the molecule is CC(CC(N)=O)NC(=O)NC(C)(C(=O)O)C1CC1. The van der Waals surface area contributed by atoms with Crippen LogP contribution in [0.5, 0.6) is 0 Å². The Bertz CT molecular complexity index is 367. The van der Waals surface area contributed by atoms with Crippen LogP contribution in [0, 0.1) is 5.92 Å². The number of urea groups is 1. The van der Waals surface area contributed by atoms with E-state index in [9.17, 15) is 14.4 Å². The number of rotatable bonds is 6. The zero-order chi connectivity index (χ0) is 13.9. The van der Waals surface area contributed by atoms with Gasteiger partial charge in [-0.15, -0.1) is 0 Å². The lowest BCUT2D eigenvalue weighted by molar-refractivity contribution is -0.144. The molecule has 1 aliphatic carbocycles. The predicted molar refractivity (Wildman–Crippen MR) is 63.7 cm³/mol. The molecule has 1 aliphatic rings. The zero-order valence-corrected chi connectivity index (χ0v) is 10.5. The monoisotopic (exact) mass is 257 g/mol. The van der Waals surface area contributed by atoms with E-state index in [1.165, 1.54) is 6.92 Å². The summed E-state index contributed by atoms with van der Waals surface area (Å²) in [5, 5.41) is 14.1. The van der Waals surface area contributed by atoms with Gasteiger partial charge in [0.05, 0.1) is 0 Å². The molecule has 0 radical (unpaired) electrons. The van der Waals surface area contributed by atoms with Gasteiger partial charge >= 0.3 is 12.0 Å². The van der Waals surface area contributed by atoms with Crippen LogP contribution < -0.4 is 16.4 Å². The van der Waals surface area contributed by atoms with E-state index < -0.39 is 29.5 Å². The highest BCUT2D eigenvalue weighted by Crippen LogP contribution is 2.39. The zero-order valence-electron chi connectivity index (χ0n) is 10.5. The normalized spacial score (nSPS) is 19.4. The molecule has 0 spiro atoms. The fourth-order valence-electron chi connectivity index (χ4n) is 1.84. The van der Waals surface area contributed by atoms with Gasteiger partial charge in [0.15, 0.2) is 0 Å². The van der Waals surface area contributed by atoms with E-state index in [4.69, 9.17) is 10.8 Å². The molecule has 0 aromatic rings. The second kappa shape index (κ2) is 5.24. The minimum absolute atomic E-state index is 0.0145. The molecule has 0 aromatic carbocycles. The van der Waals surface area contributed by atoms with Crippen LogP contribution in [0.4, 0.5) is 4.79 Å². The molecule has 0 aliphatic heterocycles. The van der Waals surface area contributed by atoms with Gasteiger partial charge in [0.2, 0.25) is 5.91 Å². The number of amides is 3. The largest absolute Gasteiger partial charge is 0.480 e. The molecule has 2 unspecified atom stereocenters. The fourth-order valence-corrected chi connectivity index (χ4v) is 1.84. The summed E-state index contributed by atoms with van der Waals surface area (Å²) in [4.78, 5) is 33.5. The fraction of sp³-hybridized carbons (Fsp3) is 0.727. The van der Waals surface area contributed by atoms with Crippen molar-refractivity contribution in [1.29, 1.82) is 0 Å². The minimum Gasteiger partial charge on any atom is -0.480 e. The molecule has 7 heteroatoms. The lowest BCUT2D eigenvalue weighted by atomic mass is 9.96. The van der Waals surface area contributed by atoms with Gasteiger partial charge in [-0.25, -0.2) is 9.59 Å². The number of nitrogens with one attached hydrogen (secondary N) is 2. The Kier molecular flexibility index (Phi) is 4.15. The van der Waals surface area contributed by atoms with Gasteiger partial charge in [-0.1, -0.05) is 0 Å². The van der Waals surface area contributed by atoms with E-state index >= 15 is 0 Å². The highest BCUT2D eigenvalue weighted by atomic mass is 16.4. The van der Waals surface area contributed by atoms with Gasteiger partial charge in [-0.2, -0.15) is 0 Å². The summed E-state index contributed by atoms with van der Waals surface area (Å²) in [7, 11) is 0. The molecule has 5 N–H and O–H groups in total. The van der Waals surface area contributed by atoms with E-state index in [0.29, 0.717) is 0 Å². The van der Waals surface area contributed by atoms with E-state index in [-0.39, 0.29) is 12.3 Å². The quantitative estimate of drug-likeness (QED) is 0.526. The van der Waals surface area contributed by atoms with E-state index in [0.717, 1.165) is 12.8 Å². The van der Waals surface area contributed by atoms with Gasteiger partial charge in [0.1, 0.15) is 5.54 Å². The number of carbonyl (C=O) groups excluding carboxylic acids is 2. The first-order valence-corrected chi connectivity index (χ1v) is 5.86. The van der Waals surface area contributed by atoms with Gasteiger partial charge in [0, 0.05) is 12.5 Å². The lowest BCUT2D eigenvalue weighted by Crippen LogP contribution is -2.57. The summed E-state index contributed by atoms with van der Waals surface area (Å²) in [6.07, 6.45) is 1.60. The molecule has 3 amide bonds. The third-order valence-corrected chi connectivity index (χ3v) is 3.10. The van der Waals surface area contributed by atoms with Crippen LogP contribution in [-0.2, 0) is 9.59 Å². The Morgan fingerprint density at radius 3 is 2.39 bits per heavy atom. The predicted octanol–water partition coefficient (Wildman–Crippen LogP) is -0.197. The molecule has 7 nitrogen and oxygen atoms in total. The van der Waals surface area contributed by atoms with Crippen molar-refractivity contribution in [2.24, 2.45) is 11.7 Å². The number of carbonyl (C=O) groups is 3. The van der Waals surface area contributed by atoms with Gasteiger partial charge < -0.3 is 21.5 Å². The number of carboxylic acid groups (broad SMARTS) is 1. The summed E-state index contributed by atoms with van der Waals surface area (Å²) in [5.41, 5.74) is 3.74. The number of primary amides is 1. The van der Waals surface area contributed by atoms with Crippen LogP contribution in [0.15, 0.2) is 0 Å². The molecular weight excluding hydrogens is 238 g/mol. The Hall–Kier alpha value is -1.79. The van der Waals surface area contributed by atoms with Crippen molar-refractivity contribution in [3.8, 4) is 0 Å². The van der Waals surface area contributed by atoms with Crippen LogP contribution in [0.3, 0.4) is 0 Å². The van der Waals surface area contributed by atoms with E-state index in [2.05, 4.69) is 10.6 Å². The number of hydrogen-bond acceptors (Lipinski definition) is 3. The summed E-state index contributed by atoms with van der Waals surface area (Å²) in [5.74, 6) is -1.61.